The van der Waals surface area contributed by atoms with E-state index < -0.39 is 5.97 Å². The van der Waals surface area contributed by atoms with Gasteiger partial charge in [-0.1, -0.05) is 42.2 Å². The second-order valence-electron chi connectivity index (χ2n) is 5.10. The zero-order valence-electron chi connectivity index (χ0n) is 12.4. The zero-order valence-corrected chi connectivity index (χ0v) is 14.1. The highest BCUT2D eigenvalue weighted by molar-refractivity contribution is 8.26. The molecule has 122 valence electrons. The third kappa shape index (κ3) is 3.74. The molecule has 1 aliphatic rings. The first-order valence-corrected chi connectivity index (χ1v) is 8.41. The van der Waals surface area contributed by atoms with Crippen molar-refractivity contribution >= 4 is 40.2 Å². The normalized spacial score (nSPS) is 15.8. The first-order valence-electron chi connectivity index (χ1n) is 7.19. The van der Waals surface area contributed by atoms with Crippen molar-refractivity contribution in [3.05, 3.63) is 58.7 Å². The molecule has 0 saturated carbocycles. The van der Waals surface area contributed by atoms with E-state index in [4.69, 9.17) is 21.7 Å². The fourth-order valence-electron chi connectivity index (χ4n) is 2.25. The van der Waals surface area contributed by atoms with Crippen molar-refractivity contribution in [2.75, 3.05) is 0 Å². The van der Waals surface area contributed by atoms with Gasteiger partial charge < -0.3 is 14.8 Å². The first kappa shape index (κ1) is 16.5. The fourth-order valence-corrected chi connectivity index (χ4v) is 3.30. The van der Waals surface area contributed by atoms with Gasteiger partial charge in [-0.15, -0.1) is 0 Å². The molecule has 0 radical (unpaired) electrons. The van der Waals surface area contributed by atoms with Crippen LogP contribution in [0.15, 0.2) is 51.8 Å². The SMILES string of the molecule is O=C1NC(=S)SC1=CCCc1ccc(-c2ccc(C(=O)O)cc2)o1. The summed E-state index contributed by atoms with van der Waals surface area (Å²) in [6.07, 6.45) is 3.18. The van der Waals surface area contributed by atoms with Crippen LogP contribution in [0.5, 0.6) is 0 Å². The lowest BCUT2D eigenvalue weighted by Gasteiger charge is -1.99. The first-order chi connectivity index (χ1) is 11.5. The van der Waals surface area contributed by atoms with Gasteiger partial charge in [-0.05, 0) is 30.7 Å². The molecule has 0 aliphatic carbocycles. The number of allylic oxidation sites excluding steroid dienone is 1. The quantitative estimate of drug-likeness (QED) is 0.627. The number of carbonyl (C=O) groups is 2. The molecule has 0 spiro atoms. The van der Waals surface area contributed by atoms with Crippen LogP contribution < -0.4 is 5.32 Å². The number of aromatic carboxylic acids is 1. The number of carboxylic acids is 1. The van der Waals surface area contributed by atoms with Crippen molar-refractivity contribution < 1.29 is 19.1 Å². The van der Waals surface area contributed by atoms with E-state index in [9.17, 15) is 9.59 Å². The summed E-state index contributed by atoms with van der Waals surface area (Å²) in [6, 6.07) is 10.3. The van der Waals surface area contributed by atoms with E-state index in [1.165, 1.54) is 11.8 Å². The molecule has 1 saturated heterocycles. The van der Waals surface area contributed by atoms with E-state index in [0.29, 0.717) is 27.8 Å². The molecule has 5 nitrogen and oxygen atoms in total. The fraction of sp³-hybridized carbons (Fsp3) is 0.118. The standard InChI is InChI=1S/C17H13NO4S2/c19-15-14(24-17(23)18-15)3-1-2-12-8-9-13(22-12)10-4-6-11(7-5-10)16(20)21/h3-9H,1-2H2,(H,20,21)(H,18,19,23). The van der Waals surface area contributed by atoms with Gasteiger partial charge in [-0.2, -0.15) is 0 Å². The molecule has 1 aliphatic heterocycles. The maximum absolute atomic E-state index is 11.5. The van der Waals surface area contributed by atoms with Gasteiger partial charge in [0, 0.05) is 12.0 Å². The van der Waals surface area contributed by atoms with E-state index in [2.05, 4.69) is 5.32 Å². The predicted octanol–water partition coefficient (Wildman–Crippen LogP) is 3.61. The molecule has 2 heterocycles. The number of benzene rings is 1. The molecule has 0 bridgehead atoms. The molecule has 1 aromatic heterocycles. The van der Waals surface area contributed by atoms with Crippen LogP contribution in [-0.4, -0.2) is 21.3 Å². The zero-order chi connectivity index (χ0) is 17.1. The molecule has 2 aromatic rings. The van der Waals surface area contributed by atoms with Gasteiger partial charge in [-0.3, -0.25) is 4.79 Å². The van der Waals surface area contributed by atoms with Gasteiger partial charge in [0.25, 0.3) is 5.91 Å². The van der Waals surface area contributed by atoms with Gasteiger partial charge in [-0.25, -0.2) is 4.79 Å². The van der Waals surface area contributed by atoms with E-state index in [1.807, 2.05) is 18.2 Å². The molecule has 1 fully saturated rings. The van der Waals surface area contributed by atoms with Gasteiger partial charge in [0.15, 0.2) is 0 Å². The van der Waals surface area contributed by atoms with Crippen LogP contribution in [0.3, 0.4) is 0 Å². The molecule has 7 heteroatoms. The Morgan fingerprint density at radius 2 is 2.00 bits per heavy atom. The van der Waals surface area contributed by atoms with Gasteiger partial charge in [0.1, 0.15) is 15.8 Å². The molecule has 2 N–H and O–H groups in total. The molecule has 1 amide bonds. The molecule has 24 heavy (non-hydrogen) atoms. The van der Waals surface area contributed by atoms with E-state index >= 15 is 0 Å². The number of amides is 1. The second-order valence-corrected chi connectivity index (χ2v) is 6.82. The maximum Gasteiger partial charge on any atom is 0.335 e. The number of aryl methyl sites for hydroxylation is 1. The van der Waals surface area contributed by atoms with Crippen molar-refractivity contribution in [1.82, 2.24) is 5.32 Å². The van der Waals surface area contributed by atoms with Crippen molar-refractivity contribution in [3.8, 4) is 11.3 Å². The van der Waals surface area contributed by atoms with Crippen LogP contribution in [-0.2, 0) is 11.2 Å². The Kier molecular flexibility index (Phi) is 4.82. The smallest absolute Gasteiger partial charge is 0.335 e. The summed E-state index contributed by atoms with van der Waals surface area (Å²) >= 11 is 6.20. The molecule has 0 atom stereocenters. The summed E-state index contributed by atoms with van der Waals surface area (Å²) in [5, 5.41) is 11.5. The van der Waals surface area contributed by atoms with E-state index in [-0.39, 0.29) is 11.5 Å². The Hall–Kier alpha value is -2.38. The Morgan fingerprint density at radius 3 is 2.62 bits per heavy atom. The Morgan fingerprint density at radius 1 is 1.25 bits per heavy atom. The number of furan rings is 1. The number of hydrogen-bond acceptors (Lipinski definition) is 5. The maximum atomic E-state index is 11.5. The number of carboxylic acid groups (broad SMARTS) is 1. The highest BCUT2D eigenvalue weighted by Gasteiger charge is 2.21. The molecule has 0 unspecified atom stereocenters. The summed E-state index contributed by atoms with van der Waals surface area (Å²) < 4.78 is 6.26. The number of thioether (sulfide) groups is 1. The molecule has 1 aromatic carbocycles. The number of nitrogens with one attached hydrogen (secondary N) is 1. The van der Waals surface area contributed by atoms with Crippen molar-refractivity contribution in [2.24, 2.45) is 0 Å². The van der Waals surface area contributed by atoms with Crippen LogP contribution in [0.25, 0.3) is 11.3 Å². The number of hydrogen-bond donors (Lipinski definition) is 2. The largest absolute Gasteiger partial charge is 0.478 e. The Balaban J connectivity index is 1.63. The summed E-state index contributed by atoms with van der Waals surface area (Å²) in [5.74, 6) is 0.380. The summed E-state index contributed by atoms with van der Waals surface area (Å²) in [6.45, 7) is 0. The monoisotopic (exact) mass is 359 g/mol. The van der Waals surface area contributed by atoms with Crippen LogP contribution in [0.2, 0.25) is 0 Å². The number of carbonyl (C=O) groups excluding carboxylic acids is 1. The summed E-state index contributed by atoms with van der Waals surface area (Å²) in [7, 11) is 0. The van der Waals surface area contributed by atoms with Crippen LogP contribution >= 0.6 is 24.0 Å². The average Bonchev–Trinajstić information content (AvgIpc) is 3.14. The van der Waals surface area contributed by atoms with Gasteiger partial charge in [0.05, 0.1) is 10.5 Å². The lowest BCUT2D eigenvalue weighted by atomic mass is 10.1. The number of thiocarbonyl (C=S) groups is 1. The average molecular weight is 359 g/mol. The van der Waals surface area contributed by atoms with E-state index in [1.54, 1.807) is 24.3 Å². The van der Waals surface area contributed by atoms with Crippen LogP contribution in [0.4, 0.5) is 0 Å². The van der Waals surface area contributed by atoms with Crippen molar-refractivity contribution in [1.29, 1.82) is 0 Å². The summed E-state index contributed by atoms with van der Waals surface area (Å²) in [4.78, 5) is 23.0. The second kappa shape index (κ2) is 7.02. The lowest BCUT2D eigenvalue weighted by molar-refractivity contribution is -0.115. The lowest BCUT2D eigenvalue weighted by Crippen LogP contribution is -2.17. The van der Waals surface area contributed by atoms with Crippen LogP contribution in [0, 0.1) is 0 Å². The minimum atomic E-state index is -0.956. The topological polar surface area (TPSA) is 79.5 Å². The highest BCUT2D eigenvalue weighted by atomic mass is 32.2. The Bertz CT molecular complexity index is 837. The predicted molar refractivity (Wildman–Crippen MR) is 95.8 cm³/mol. The van der Waals surface area contributed by atoms with Gasteiger partial charge >= 0.3 is 5.97 Å². The molecular weight excluding hydrogens is 346 g/mol. The molecule has 3 rings (SSSR count). The van der Waals surface area contributed by atoms with Crippen molar-refractivity contribution in [3.63, 3.8) is 0 Å². The van der Waals surface area contributed by atoms with E-state index in [0.717, 1.165) is 11.3 Å². The third-order valence-electron chi connectivity index (χ3n) is 3.44. The van der Waals surface area contributed by atoms with Gasteiger partial charge in [0.2, 0.25) is 0 Å². The minimum Gasteiger partial charge on any atom is -0.478 e. The minimum absolute atomic E-state index is 0.149. The Labute approximate surface area is 147 Å². The number of rotatable bonds is 5. The third-order valence-corrected chi connectivity index (χ3v) is 4.65. The summed E-state index contributed by atoms with van der Waals surface area (Å²) in [5.41, 5.74) is 1.06. The van der Waals surface area contributed by atoms with Crippen LogP contribution in [0.1, 0.15) is 22.5 Å². The molecular formula is C17H13NO4S2. The van der Waals surface area contributed by atoms with Crippen molar-refractivity contribution in [2.45, 2.75) is 12.8 Å². The highest BCUT2D eigenvalue weighted by Crippen LogP contribution is 2.26.